The van der Waals surface area contributed by atoms with Gasteiger partial charge >= 0.3 is 0 Å². The van der Waals surface area contributed by atoms with Crippen LogP contribution < -0.4 is 4.90 Å². The number of methoxy groups -OCH3 is 1. The Morgan fingerprint density at radius 1 is 1.43 bits per heavy atom. The fourth-order valence-corrected chi connectivity index (χ4v) is 2.96. The average molecular weight is 289 g/mol. The van der Waals surface area contributed by atoms with Crippen LogP contribution in [-0.4, -0.2) is 56.3 Å². The zero-order valence-corrected chi connectivity index (χ0v) is 12.8. The van der Waals surface area contributed by atoms with Gasteiger partial charge in [0.1, 0.15) is 5.52 Å². The Balaban J connectivity index is 1.71. The van der Waals surface area contributed by atoms with Crippen LogP contribution in [0.3, 0.4) is 0 Å². The third kappa shape index (κ3) is 3.19. The fourth-order valence-electron chi connectivity index (χ4n) is 2.96. The molecular weight excluding hydrogens is 266 g/mol. The number of anilines is 1. The Labute approximate surface area is 125 Å². The smallest absolute Gasteiger partial charge is 0.298 e. The second-order valence-corrected chi connectivity index (χ2v) is 5.71. The molecule has 5 heteroatoms. The van der Waals surface area contributed by atoms with Gasteiger partial charge in [0.15, 0.2) is 5.58 Å². The summed E-state index contributed by atoms with van der Waals surface area (Å²) in [5, 5.41) is 0. The lowest BCUT2D eigenvalue weighted by atomic mass is 10.2. The number of ether oxygens (including phenoxy) is 1. The van der Waals surface area contributed by atoms with Gasteiger partial charge in [-0.2, -0.15) is 4.98 Å². The Morgan fingerprint density at radius 3 is 3.10 bits per heavy atom. The largest absolute Gasteiger partial charge is 0.423 e. The second-order valence-electron chi connectivity index (χ2n) is 5.71. The van der Waals surface area contributed by atoms with E-state index in [1.165, 1.54) is 12.8 Å². The van der Waals surface area contributed by atoms with E-state index in [0.717, 1.165) is 43.4 Å². The van der Waals surface area contributed by atoms with Gasteiger partial charge in [-0.3, -0.25) is 0 Å². The lowest BCUT2D eigenvalue weighted by molar-refractivity contribution is 0.158. The molecule has 1 atom stereocenters. The van der Waals surface area contributed by atoms with Crippen LogP contribution in [0.15, 0.2) is 28.7 Å². The highest BCUT2D eigenvalue weighted by Gasteiger charge is 2.29. The lowest BCUT2D eigenvalue weighted by Crippen LogP contribution is -2.40. The van der Waals surface area contributed by atoms with Crippen LogP contribution >= 0.6 is 0 Å². The molecule has 5 nitrogen and oxygen atoms in total. The van der Waals surface area contributed by atoms with E-state index in [4.69, 9.17) is 9.15 Å². The number of rotatable bonds is 6. The van der Waals surface area contributed by atoms with Crippen LogP contribution in [-0.2, 0) is 4.74 Å². The molecule has 2 heterocycles. The second kappa shape index (κ2) is 6.45. The maximum Gasteiger partial charge on any atom is 0.298 e. The van der Waals surface area contributed by atoms with Crippen molar-refractivity contribution in [1.29, 1.82) is 0 Å². The first kappa shape index (κ1) is 14.4. The van der Waals surface area contributed by atoms with Crippen molar-refractivity contribution in [3.8, 4) is 0 Å². The van der Waals surface area contributed by atoms with Crippen LogP contribution in [0.5, 0.6) is 0 Å². The molecular formula is C16H23N3O2. The number of benzene rings is 1. The van der Waals surface area contributed by atoms with Crippen LogP contribution in [0, 0.1) is 0 Å². The van der Waals surface area contributed by atoms with Gasteiger partial charge in [0.05, 0.1) is 6.61 Å². The van der Waals surface area contributed by atoms with Gasteiger partial charge in [-0.25, -0.2) is 0 Å². The van der Waals surface area contributed by atoms with E-state index in [9.17, 15) is 0 Å². The maximum atomic E-state index is 5.92. The number of para-hydroxylation sites is 2. The first-order chi connectivity index (χ1) is 10.3. The number of hydrogen-bond donors (Lipinski definition) is 0. The topological polar surface area (TPSA) is 41.7 Å². The minimum Gasteiger partial charge on any atom is -0.423 e. The van der Waals surface area contributed by atoms with Gasteiger partial charge in [0.2, 0.25) is 0 Å². The van der Waals surface area contributed by atoms with E-state index in [-0.39, 0.29) is 0 Å². The normalized spacial score (nSPS) is 19.0. The van der Waals surface area contributed by atoms with Crippen molar-refractivity contribution in [3.63, 3.8) is 0 Å². The monoisotopic (exact) mass is 289 g/mol. The predicted octanol–water partition coefficient (Wildman–Crippen LogP) is 2.37. The summed E-state index contributed by atoms with van der Waals surface area (Å²) < 4.78 is 11.1. The van der Waals surface area contributed by atoms with Crippen LogP contribution in [0.4, 0.5) is 6.01 Å². The molecule has 3 rings (SSSR count). The van der Waals surface area contributed by atoms with Gasteiger partial charge in [0, 0.05) is 32.8 Å². The summed E-state index contributed by atoms with van der Waals surface area (Å²) in [4.78, 5) is 9.25. The number of likely N-dealkylation sites (N-methyl/N-ethyl adjacent to an activating group) is 1. The summed E-state index contributed by atoms with van der Waals surface area (Å²) in [7, 11) is 3.88. The van der Waals surface area contributed by atoms with Gasteiger partial charge in [-0.1, -0.05) is 12.1 Å². The summed E-state index contributed by atoms with van der Waals surface area (Å²) in [6.45, 7) is 3.76. The number of fused-ring (bicyclic) bond motifs is 1. The molecule has 1 aromatic heterocycles. The fraction of sp³-hybridized carbons (Fsp3) is 0.562. The Kier molecular flexibility index (Phi) is 4.41. The Morgan fingerprint density at radius 2 is 2.29 bits per heavy atom. The van der Waals surface area contributed by atoms with E-state index >= 15 is 0 Å². The van der Waals surface area contributed by atoms with Crippen molar-refractivity contribution >= 4 is 17.1 Å². The van der Waals surface area contributed by atoms with Crippen LogP contribution in [0.1, 0.15) is 12.8 Å². The molecule has 0 bridgehead atoms. The number of nitrogens with zero attached hydrogens (tertiary/aromatic N) is 3. The van der Waals surface area contributed by atoms with E-state index < -0.39 is 0 Å². The highest BCUT2D eigenvalue weighted by Crippen LogP contribution is 2.28. The highest BCUT2D eigenvalue weighted by atomic mass is 16.5. The third-order valence-electron chi connectivity index (χ3n) is 4.10. The maximum absolute atomic E-state index is 5.92. The van der Waals surface area contributed by atoms with Crippen molar-refractivity contribution in [2.24, 2.45) is 0 Å². The molecule has 0 amide bonds. The minimum absolute atomic E-state index is 0.472. The first-order valence-electron chi connectivity index (χ1n) is 7.57. The summed E-state index contributed by atoms with van der Waals surface area (Å²) in [6.07, 6.45) is 2.39. The van der Waals surface area contributed by atoms with Gasteiger partial charge in [-0.05, 0) is 32.0 Å². The molecule has 1 aromatic carbocycles. The van der Waals surface area contributed by atoms with Crippen LogP contribution in [0.25, 0.3) is 11.1 Å². The summed E-state index contributed by atoms with van der Waals surface area (Å²) >= 11 is 0. The third-order valence-corrected chi connectivity index (χ3v) is 4.10. The highest BCUT2D eigenvalue weighted by molar-refractivity contribution is 5.74. The molecule has 0 saturated carbocycles. The van der Waals surface area contributed by atoms with Gasteiger partial charge in [-0.15, -0.1) is 0 Å². The SMILES string of the molecule is COCCN(C)CC1CCCN1c1nc2ccccc2o1. The molecule has 1 aliphatic rings. The molecule has 114 valence electrons. The Hall–Kier alpha value is -1.59. The molecule has 21 heavy (non-hydrogen) atoms. The standard InChI is InChI=1S/C16H23N3O2/c1-18(10-11-20-2)12-13-6-5-9-19(13)16-17-14-7-3-4-8-15(14)21-16/h3-4,7-8,13H,5-6,9-12H2,1-2H3. The molecule has 1 saturated heterocycles. The van der Waals surface area contributed by atoms with Crippen LogP contribution in [0.2, 0.25) is 0 Å². The van der Waals surface area contributed by atoms with Gasteiger partial charge in [0.25, 0.3) is 6.01 Å². The Bertz CT molecular complexity index is 551. The minimum atomic E-state index is 0.472. The van der Waals surface area contributed by atoms with Crippen molar-refractivity contribution in [3.05, 3.63) is 24.3 Å². The quantitative estimate of drug-likeness (QED) is 0.816. The first-order valence-corrected chi connectivity index (χ1v) is 7.57. The molecule has 1 unspecified atom stereocenters. The van der Waals surface area contributed by atoms with Crippen molar-refractivity contribution < 1.29 is 9.15 Å². The zero-order chi connectivity index (χ0) is 14.7. The summed E-state index contributed by atoms with van der Waals surface area (Å²) in [5.74, 6) is 0. The number of aromatic nitrogens is 1. The lowest BCUT2D eigenvalue weighted by Gasteiger charge is -2.27. The van der Waals surface area contributed by atoms with E-state index in [1.54, 1.807) is 7.11 Å². The van der Waals surface area contributed by atoms with E-state index in [2.05, 4.69) is 21.8 Å². The summed E-state index contributed by atoms with van der Waals surface area (Å²) in [5.41, 5.74) is 1.80. The molecule has 2 aromatic rings. The molecule has 0 aliphatic carbocycles. The van der Waals surface area contributed by atoms with Crippen molar-refractivity contribution in [2.75, 3.05) is 45.3 Å². The van der Waals surface area contributed by atoms with Crippen molar-refractivity contribution in [2.45, 2.75) is 18.9 Å². The molecule has 0 radical (unpaired) electrons. The predicted molar refractivity (Wildman–Crippen MR) is 83.8 cm³/mol. The number of hydrogen-bond acceptors (Lipinski definition) is 5. The average Bonchev–Trinajstić information content (AvgIpc) is 3.10. The summed E-state index contributed by atoms with van der Waals surface area (Å²) in [6, 6.07) is 9.19. The van der Waals surface area contributed by atoms with Crippen molar-refractivity contribution in [1.82, 2.24) is 9.88 Å². The van der Waals surface area contributed by atoms with Gasteiger partial charge < -0.3 is 19.0 Å². The van der Waals surface area contributed by atoms with E-state index in [0.29, 0.717) is 6.04 Å². The molecule has 0 N–H and O–H groups in total. The molecule has 1 fully saturated rings. The molecule has 1 aliphatic heterocycles. The number of oxazole rings is 1. The molecule has 0 spiro atoms. The zero-order valence-electron chi connectivity index (χ0n) is 12.8. The van der Waals surface area contributed by atoms with E-state index in [1.807, 2.05) is 24.3 Å².